The van der Waals surface area contributed by atoms with Gasteiger partial charge in [-0.1, -0.05) is 84.2 Å². The fourth-order valence-corrected chi connectivity index (χ4v) is 6.54. The van der Waals surface area contributed by atoms with Crippen LogP contribution in [0.25, 0.3) is 0 Å². The number of nitrogens with one attached hydrogen (secondary N) is 1. The Balaban J connectivity index is 1.82. The molecule has 0 unspecified atom stereocenters. The molecular formula is C35H36Cl2FN3O4S. The molecule has 0 saturated carbocycles. The molecule has 242 valence electrons. The van der Waals surface area contributed by atoms with E-state index in [-0.39, 0.29) is 40.5 Å². The Morgan fingerprint density at radius 2 is 1.52 bits per heavy atom. The van der Waals surface area contributed by atoms with Crippen molar-refractivity contribution < 1.29 is 22.4 Å². The van der Waals surface area contributed by atoms with Crippen LogP contribution in [0.2, 0.25) is 10.0 Å². The maximum Gasteiger partial charge on any atom is 0.264 e. The summed E-state index contributed by atoms with van der Waals surface area (Å²) in [6, 6.07) is 24.0. The number of anilines is 1. The highest BCUT2D eigenvalue weighted by atomic mass is 35.5. The van der Waals surface area contributed by atoms with Crippen molar-refractivity contribution in [3.63, 3.8) is 0 Å². The summed E-state index contributed by atoms with van der Waals surface area (Å²) in [6.07, 6.45) is 0.828. The lowest BCUT2D eigenvalue weighted by Gasteiger charge is -2.34. The number of hydrogen-bond acceptors (Lipinski definition) is 4. The number of sulfonamides is 1. The minimum Gasteiger partial charge on any atom is -0.352 e. The highest BCUT2D eigenvalue weighted by molar-refractivity contribution is 7.92. The minimum atomic E-state index is -4.30. The molecule has 46 heavy (non-hydrogen) atoms. The van der Waals surface area contributed by atoms with Crippen LogP contribution in [0.1, 0.15) is 37.0 Å². The lowest BCUT2D eigenvalue weighted by Crippen LogP contribution is -2.54. The normalized spacial score (nSPS) is 12.7. The molecule has 2 atom stereocenters. The Morgan fingerprint density at radius 3 is 2.13 bits per heavy atom. The Kier molecular flexibility index (Phi) is 11.8. The Labute approximate surface area is 280 Å². The van der Waals surface area contributed by atoms with Crippen LogP contribution in [-0.2, 0) is 32.6 Å². The molecule has 1 N–H and O–H groups in total. The van der Waals surface area contributed by atoms with E-state index in [1.54, 1.807) is 30.3 Å². The van der Waals surface area contributed by atoms with Crippen LogP contribution in [0.5, 0.6) is 0 Å². The zero-order valence-corrected chi connectivity index (χ0v) is 28.1. The number of nitrogens with zero attached hydrogens (tertiary/aromatic N) is 2. The first-order chi connectivity index (χ1) is 21.9. The van der Waals surface area contributed by atoms with Crippen LogP contribution in [-0.4, -0.2) is 43.8 Å². The van der Waals surface area contributed by atoms with E-state index in [1.807, 2.05) is 51.1 Å². The van der Waals surface area contributed by atoms with Gasteiger partial charge < -0.3 is 10.2 Å². The van der Waals surface area contributed by atoms with Crippen molar-refractivity contribution in [2.24, 2.45) is 0 Å². The molecule has 4 rings (SSSR count). The molecule has 0 aliphatic heterocycles. The average molecular weight is 685 g/mol. The van der Waals surface area contributed by atoms with Crippen LogP contribution in [0.3, 0.4) is 0 Å². The Bertz CT molecular complexity index is 1760. The molecule has 7 nitrogen and oxygen atoms in total. The maximum absolute atomic E-state index is 14.5. The van der Waals surface area contributed by atoms with E-state index < -0.39 is 34.3 Å². The van der Waals surface area contributed by atoms with Crippen molar-refractivity contribution in [2.45, 2.75) is 57.1 Å². The van der Waals surface area contributed by atoms with Gasteiger partial charge in [0, 0.05) is 19.0 Å². The molecule has 0 aromatic heterocycles. The minimum absolute atomic E-state index is 0.0402. The zero-order valence-electron chi connectivity index (χ0n) is 25.8. The first-order valence-corrected chi connectivity index (χ1v) is 17.0. The van der Waals surface area contributed by atoms with Gasteiger partial charge in [0.25, 0.3) is 10.0 Å². The van der Waals surface area contributed by atoms with Gasteiger partial charge in [0.05, 0.1) is 20.6 Å². The number of amides is 2. The van der Waals surface area contributed by atoms with Crippen LogP contribution >= 0.6 is 23.2 Å². The molecule has 0 aliphatic carbocycles. The summed E-state index contributed by atoms with van der Waals surface area (Å²) >= 11 is 12.5. The predicted octanol–water partition coefficient (Wildman–Crippen LogP) is 7.19. The second-order valence-corrected chi connectivity index (χ2v) is 13.8. The molecule has 0 saturated heterocycles. The predicted molar refractivity (Wildman–Crippen MR) is 181 cm³/mol. The standard InChI is InChI=1S/C35H36Cl2FN3O4S/c1-4-25(3)39-35(43)33(21-26-8-6-5-7-9-26)40(22-27-12-19-31(36)32(37)20-27)34(42)23-41(29-15-13-28(38)14-16-29)46(44,45)30-17-10-24(2)11-18-30/h5-20,25,33H,4,21-23H2,1-3H3,(H,39,43)/t25-,33-/m0/s1. The van der Waals surface area contributed by atoms with Gasteiger partial charge >= 0.3 is 0 Å². The third-order valence-electron chi connectivity index (χ3n) is 7.61. The van der Waals surface area contributed by atoms with Crippen molar-refractivity contribution in [1.29, 1.82) is 0 Å². The highest BCUT2D eigenvalue weighted by Crippen LogP contribution is 2.27. The third-order valence-corrected chi connectivity index (χ3v) is 10.1. The largest absolute Gasteiger partial charge is 0.352 e. The smallest absolute Gasteiger partial charge is 0.264 e. The summed E-state index contributed by atoms with van der Waals surface area (Å²) < 4.78 is 43.0. The first-order valence-electron chi connectivity index (χ1n) is 14.8. The number of aryl methyl sites for hydroxylation is 1. The molecule has 0 heterocycles. The summed E-state index contributed by atoms with van der Waals surface area (Å²) in [6.45, 7) is 4.91. The molecule has 4 aromatic rings. The molecular weight excluding hydrogens is 648 g/mol. The van der Waals surface area contributed by atoms with Gasteiger partial charge in [0.1, 0.15) is 18.4 Å². The second-order valence-electron chi connectivity index (χ2n) is 11.1. The van der Waals surface area contributed by atoms with E-state index in [4.69, 9.17) is 23.2 Å². The third kappa shape index (κ3) is 8.87. The van der Waals surface area contributed by atoms with Gasteiger partial charge in [-0.2, -0.15) is 0 Å². The van der Waals surface area contributed by atoms with Crippen LogP contribution < -0.4 is 9.62 Å². The van der Waals surface area contributed by atoms with Crippen molar-refractivity contribution in [1.82, 2.24) is 10.2 Å². The number of benzene rings is 4. The van der Waals surface area contributed by atoms with Gasteiger partial charge in [-0.05, 0) is 79.9 Å². The quantitative estimate of drug-likeness (QED) is 0.162. The van der Waals surface area contributed by atoms with Crippen molar-refractivity contribution >= 4 is 50.7 Å². The first kappa shape index (κ1) is 34.9. The summed E-state index contributed by atoms with van der Waals surface area (Å²) in [7, 11) is -4.30. The van der Waals surface area contributed by atoms with E-state index in [9.17, 15) is 22.4 Å². The zero-order chi connectivity index (χ0) is 33.4. The lowest BCUT2D eigenvalue weighted by atomic mass is 10.0. The lowest BCUT2D eigenvalue weighted by molar-refractivity contribution is -0.140. The monoisotopic (exact) mass is 683 g/mol. The van der Waals surface area contributed by atoms with Crippen molar-refractivity contribution in [3.05, 3.63) is 130 Å². The molecule has 2 amide bonds. The number of carbonyl (C=O) groups is 2. The summed E-state index contributed by atoms with van der Waals surface area (Å²) in [5, 5.41) is 3.58. The van der Waals surface area contributed by atoms with Crippen LogP contribution in [0.4, 0.5) is 10.1 Å². The molecule has 0 radical (unpaired) electrons. The van der Waals surface area contributed by atoms with E-state index in [2.05, 4.69) is 5.32 Å². The SMILES string of the molecule is CC[C@H](C)NC(=O)[C@H](Cc1ccccc1)N(Cc1ccc(Cl)c(Cl)c1)C(=O)CN(c1ccc(F)cc1)S(=O)(=O)c1ccc(C)cc1. The maximum atomic E-state index is 14.5. The Hall–Kier alpha value is -3.92. The number of rotatable bonds is 13. The molecule has 0 aliphatic rings. The summed E-state index contributed by atoms with van der Waals surface area (Å²) in [5.74, 6) is -1.60. The second kappa shape index (κ2) is 15.6. The molecule has 0 fully saturated rings. The van der Waals surface area contributed by atoms with Gasteiger partial charge in [-0.25, -0.2) is 12.8 Å². The fraction of sp³-hybridized carbons (Fsp3) is 0.257. The highest BCUT2D eigenvalue weighted by Gasteiger charge is 2.35. The van der Waals surface area contributed by atoms with Gasteiger partial charge in [0.2, 0.25) is 11.8 Å². The summed E-state index contributed by atoms with van der Waals surface area (Å²) in [4.78, 5) is 29.7. The van der Waals surface area contributed by atoms with Crippen LogP contribution in [0, 0.1) is 12.7 Å². The molecule has 11 heteroatoms. The van der Waals surface area contributed by atoms with E-state index >= 15 is 0 Å². The molecule has 0 bridgehead atoms. The molecule has 0 spiro atoms. The van der Waals surface area contributed by atoms with Crippen LogP contribution in [0.15, 0.2) is 102 Å². The van der Waals surface area contributed by atoms with E-state index in [1.165, 1.54) is 29.2 Å². The average Bonchev–Trinajstić information content (AvgIpc) is 3.04. The number of carbonyl (C=O) groups excluding carboxylic acids is 2. The van der Waals surface area contributed by atoms with E-state index in [0.717, 1.165) is 27.6 Å². The fourth-order valence-electron chi connectivity index (χ4n) is 4.80. The van der Waals surface area contributed by atoms with Gasteiger partial charge in [0.15, 0.2) is 0 Å². The van der Waals surface area contributed by atoms with E-state index in [0.29, 0.717) is 17.0 Å². The van der Waals surface area contributed by atoms with Gasteiger partial charge in [-0.15, -0.1) is 0 Å². The Morgan fingerprint density at radius 1 is 0.870 bits per heavy atom. The topological polar surface area (TPSA) is 86.8 Å². The molecule has 4 aromatic carbocycles. The summed E-state index contributed by atoms with van der Waals surface area (Å²) in [5.41, 5.74) is 2.34. The van der Waals surface area contributed by atoms with Crippen molar-refractivity contribution in [3.8, 4) is 0 Å². The van der Waals surface area contributed by atoms with Crippen molar-refractivity contribution in [2.75, 3.05) is 10.8 Å². The van der Waals surface area contributed by atoms with Gasteiger partial charge in [-0.3, -0.25) is 13.9 Å². The number of hydrogen-bond donors (Lipinski definition) is 1. The number of halogens is 3.